The van der Waals surface area contributed by atoms with Gasteiger partial charge in [0.05, 0.1) is 6.54 Å². The Morgan fingerprint density at radius 1 is 1.09 bits per heavy atom. The number of hydrogen-bond donors (Lipinski definition) is 1. The number of nitrogens with one attached hydrogen (secondary N) is 1. The van der Waals surface area contributed by atoms with E-state index in [0.29, 0.717) is 5.56 Å². The lowest BCUT2D eigenvalue weighted by Crippen LogP contribution is -2.23. The van der Waals surface area contributed by atoms with Crippen molar-refractivity contribution in [2.45, 2.75) is 6.61 Å². The molecule has 0 unspecified atom stereocenters. The number of rotatable bonds is 4. The van der Waals surface area contributed by atoms with Crippen molar-refractivity contribution in [1.82, 2.24) is 5.32 Å². The first-order valence-corrected chi connectivity index (χ1v) is 6.52. The zero-order valence-electron chi connectivity index (χ0n) is 11.6. The Kier molecular flexibility index (Phi) is 5.50. The molecule has 2 rings (SSSR count). The van der Waals surface area contributed by atoms with E-state index in [-0.39, 0.29) is 18.2 Å². The smallest absolute Gasteiger partial charge is 0.387 e. The lowest BCUT2D eigenvalue weighted by Gasteiger charge is -2.05. The number of alkyl halides is 2. The Hall–Kier alpha value is -2.87. The Morgan fingerprint density at radius 3 is 2.41 bits per heavy atom. The molecule has 0 aromatic heterocycles. The third kappa shape index (κ3) is 4.91. The second-order valence-electron chi connectivity index (χ2n) is 4.25. The van der Waals surface area contributed by atoms with Gasteiger partial charge < -0.3 is 10.1 Å². The quantitative estimate of drug-likeness (QED) is 0.881. The van der Waals surface area contributed by atoms with Gasteiger partial charge in [0.2, 0.25) is 0 Å². The summed E-state index contributed by atoms with van der Waals surface area (Å²) < 4.78 is 28.2. The number of benzene rings is 2. The zero-order valence-corrected chi connectivity index (χ0v) is 11.6. The van der Waals surface area contributed by atoms with Crippen LogP contribution in [0, 0.1) is 11.8 Å². The Labute approximate surface area is 126 Å². The molecule has 0 heterocycles. The molecule has 0 aliphatic rings. The van der Waals surface area contributed by atoms with E-state index in [1.165, 1.54) is 24.3 Å². The molecule has 0 atom stereocenters. The van der Waals surface area contributed by atoms with Gasteiger partial charge in [0.25, 0.3) is 5.91 Å². The van der Waals surface area contributed by atoms with Crippen molar-refractivity contribution in [3.63, 3.8) is 0 Å². The number of carbonyl (C=O) groups excluding carboxylic acids is 1. The number of amides is 1. The van der Waals surface area contributed by atoms with E-state index in [9.17, 15) is 13.6 Å². The van der Waals surface area contributed by atoms with Crippen LogP contribution in [0.3, 0.4) is 0 Å². The first kappa shape index (κ1) is 15.5. The van der Waals surface area contributed by atoms with Crippen molar-refractivity contribution in [3.05, 3.63) is 65.7 Å². The van der Waals surface area contributed by atoms with E-state index < -0.39 is 6.61 Å². The van der Waals surface area contributed by atoms with Crippen LogP contribution >= 0.6 is 0 Å². The van der Waals surface area contributed by atoms with E-state index in [2.05, 4.69) is 21.9 Å². The summed E-state index contributed by atoms with van der Waals surface area (Å²) in [5.74, 6) is 5.43. The highest BCUT2D eigenvalue weighted by Gasteiger charge is 2.07. The standard InChI is InChI=1S/C17H13F2NO2/c18-17(19)22-15-10-8-14(9-11-15)16(21)20-12-4-7-13-5-2-1-3-6-13/h1-3,5-6,8-11,17H,12H2,(H,20,21). The second-order valence-corrected chi connectivity index (χ2v) is 4.25. The summed E-state index contributed by atoms with van der Waals surface area (Å²) in [6.07, 6.45) is 0. The van der Waals surface area contributed by atoms with E-state index in [0.717, 1.165) is 5.56 Å². The molecule has 0 aliphatic heterocycles. The van der Waals surface area contributed by atoms with E-state index in [1.807, 2.05) is 30.3 Å². The molecule has 0 aliphatic carbocycles. The third-order valence-electron chi connectivity index (χ3n) is 2.69. The average Bonchev–Trinajstić information content (AvgIpc) is 2.52. The van der Waals surface area contributed by atoms with Crippen LogP contribution in [0.5, 0.6) is 5.75 Å². The van der Waals surface area contributed by atoms with Gasteiger partial charge in [-0.3, -0.25) is 4.79 Å². The van der Waals surface area contributed by atoms with Gasteiger partial charge in [-0.2, -0.15) is 8.78 Å². The van der Waals surface area contributed by atoms with E-state index in [1.54, 1.807) is 0 Å². The van der Waals surface area contributed by atoms with Gasteiger partial charge in [-0.05, 0) is 36.4 Å². The molecule has 2 aromatic rings. The predicted octanol–water partition coefficient (Wildman–Crippen LogP) is 3.07. The number of hydrogen-bond acceptors (Lipinski definition) is 2. The molecule has 22 heavy (non-hydrogen) atoms. The van der Waals surface area contributed by atoms with Gasteiger partial charge in [0.15, 0.2) is 0 Å². The van der Waals surface area contributed by atoms with Crippen LogP contribution in [-0.2, 0) is 0 Å². The minimum Gasteiger partial charge on any atom is -0.435 e. The molecule has 0 spiro atoms. The van der Waals surface area contributed by atoms with Crippen molar-refractivity contribution in [2.75, 3.05) is 6.54 Å². The van der Waals surface area contributed by atoms with Crippen LogP contribution in [0.2, 0.25) is 0 Å². The highest BCUT2D eigenvalue weighted by atomic mass is 19.3. The average molecular weight is 301 g/mol. The summed E-state index contributed by atoms with van der Waals surface area (Å²) in [5, 5.41) is 2.63. The summed E-state index contributed by atoms with van der Waals surface area (Å²) in [5.41, 5.74) is 1.22. The first-order valence-electron chi connectivity index (χ1n) is 6.52. The molecule has 1 N–H and O–H groups in total. The van der Waals surface area contributed by atoms with E-state index >= 15 is 0 Å². The van der Waals surface area contributed by atoms with Gasteiger partial charge in [0.1, 0.15) is 5.75 Å². The molecule has 0 fully saturated rings. The van der Waals surface area contributed by atoms with Crippen molar-refractivity contribution >= 4 is 5.91 Å². The Balaban J connectivity index is 1.86. The summed E-state index contributed by atoms with van der Waals surface area (Å²) >= 11 is 0. The third-order valence-corrected chi connectivity index (χ3v) is 2.69. The molecule has 0 saturated heterocycles. The minimum atomic E-state index is -2.88. The fraction of sp³-hybridized carbons (Fsp3) is 0.118. The van der Waals surface area contributed by atoms with Crippen molar-refractivity contribution < 1.29 is 18.3 Å². The van der Waals surface area contributed by atoms with E-state index in [4.69, 9.17) is 0 Å². The maximum Gasteiger partial charge on any atom is 0.387 e. The van der Waals surface area contributed by atoms with Gasteiger partial charge in [-0.15, -0.1) is 0 Å². The summed E-state index contributed by atoms with van der Waals surface area (Å²) in [6, 6.07) is 14.9. The second kappa shape index (κ2) is 7.79. The molecule has 5 heteroatoms. The number of ether oxygens (including phenoxy) is 1. The maximum atomic E-state index is 12.0. The molecule has 3 nitrogen and oxygen atoms in total. The van der Waals surface area contributed by atoms with Crippen molar-refractivity contribution in [2.24, 2.45) is 0 Å². The first-order chi connectivity index (χ1) is 10.6. The van der Waals surface area contributed by atoms with Crippen LogP contribution in [-0.4, -0.2) is 19.1 Å². The van der Waals surface area contributed by atoms with Crippen molar-refractivity contribution in [1.29, 1.82) is 0 Å². The van der Waals surface area contributed by atoms with Crippen LogP contribution < -0.4 is 10.1 Å². The topological polar surface area (TPSA) is 38.3 Å². The molecule has 0 radical (unpaired) electrons. The fourth-order valence-electron chi connectivity index (χ4n) is 1.68. The van der Waals surface area contributed by atoms with Gasteiger partial charge in [0, 0.05) is 11.1 Å². The zero-order chi connectivity index (χ0) is 15.8. The minimum absolute atomic E-state index is 0.00965. The molecular formula is C17H13F2NO2. The Bertz CT molecular complexity index is 673. The molecule has 1 amide bonds. The molecule has 2 aromatic carbocycles. The highest BCUT2D eigenvalue weighted by Crippen LogP contribution is 2.14. The lowest BCUT2D eigenvalue weighted by atomic mass is 10.2. The van der Waals surface area contributed by atoms with Crippen LogP contribution in [0.1, 0.15) is 15.9 Å². The Morgan fingerprint density at radius 2 is 1.77 bits per heavy atom. The molecule has 112 valence electrons. The van der Waals surface area contributed by atoms with Crippen LogP contribution in [0.4, 0.5) is 8.78 Å². The summed E-state index contributed by atoms with van der Waals surface area (Å²) in [4.78, 5) is 11.8. The van der Waals surface area contributed by atoms with Gasteiger partial charge >= 0.3 is 6.61 Å². The van der Waals surface area contributed by atoms with Crippen LogP contribution in [0.25, 0.3) is 0 Å². The lowest BCUT2D eigenvalue weighted by molar-refractivity contribution is -0.0498. The predicted molar refractivity (Wildman–Crippen MR) is 78.7 cm³/mol. The monoisotopic (exact) mass is 301 g/mol. The molecule has 0 saturated carbocycles. The van der Waals surface area contributed by atoms with Gasteiger partial charge in [-0.1, -0.05) is 30.0 Å². The van der Waals surface area contributed by atoms with Crippen LogP contribution in [0.15, 0.2) is 54.6 Å². The van der Waals surface area contributed by atoms with Crippen molar-refractivity contribution in [3.8, 4) is 17.6 Å². The maximum absolute atomic E-state index is 12.0. The highest BCUT2D eigenvalue weighted by molar-refractivity contribution is 5.94. The largest absolute Gasteiger partial charge is 0.435 e. The SMILES string of the molecule is O=C(NCC#Cc1ccccc1)c1ccc(OC(F)F)cc1. The number of carbonyl (C=O) groups is 1. The summed E-state index contributed by atoms with van der Waals surface area (Å²) in [6.45, 7) is -2.68. The van der Waals surface area contributed by atoms with Gasteiger partial charge in [-0.25, -0.2) is 0 Å². The normalized spacial score (nSPS) is 9.77. The molecule has 0 bridgehead atoms. The summed E-state index contributed by atoms with van der Waals surface area (Å²) in [7, 11) is 0. The fourth-order valence-corrected chi connectivity index (χ4v) is 1.68. The number of halogens is 2. The molecular weight excluding hydrogens is 288 g/mol.